The summed E-state index contributed by atoms with van der Waals surface area (Å²) in [5.74, 6) is 0.750. The molecule has 3 rings (SSSR count). The quantitative estimate of drug-likeness (QED) is 0.679. The number of hydrogen-bond donors (Lipinski definition) is 0. The zero-order chi connectivity index (χ0) is 11.0. The molecule has 0 amide bonds. The highest BCUT2D eigenvalue weighted by atomic mass is 32.1. The Balaban J connectivity index is 2.10. The Bertz CT molecular complexity index is 667. The maximum Gasteiger partial charge on any atom is 0.271 e. The molecule has 0 saturated carbocycles. The van der Waals surface area contributed by atoms with Crippen molar-refractivity contribution >= 4 is 21.6 Å². The molecule has 3 aromatic rings. The van der Waals surface area contributed by atoms with Gasteiger partial charge in [0, 0.05) is 0 Å². The molecule has 0 atom stereocenters. The predicted octanol–water partition coefficient (Wildman–Crippen LogP) is 2.10. The van der Waals surface area contributed by atoms with E-state index >= 15 is 0 Å². The third-order valence-corrected chi connectivity index (χ3v) is 3.23. The Hall–Kier alpha value is -1.88. The summed E-state index contributed by atoms with van der Waals surface area (Å²) in [7, 11) is 0. The van der Waals surface area contributed by atoms with Gasteiger partial charge in [-0.25, -0.2) is 4.98 Å². The summed E-state index contributed by atoms with van der Waals surface area (Å²) in [6.45, 7) is 0.423. The van der Waals surface area contributed by atoms with Crippen LogP contribution in [0.1, 0.15) is 5.76 Å². The minimum absolute atomic E-state index is 0.0172. The Labute approximate surface area is 94.8 Å². The van der Waals surface area contributed by atoms with Gasteiger partial charge in [0.15, 0.2) is 0 Å². The lowest BCUT2D eigenvalue weighted by molar-refractivity contribution is 0.489. The van der Waals surface area contributed by atoms with Crippen molar-refractivity contribution < 1.29 is 4.42 Å². The van der Waals surface area contributed by atoms with Gasteiger partial charge in [-0.2, -0.15) is 0 Å². The maximum absolute atomic E-state index is 12.0. The van der Waals surface area contributed by atoms with Gasteiger partial charge in [0.1, 0.15) is 10.5 Å². The average molecular weight is 232 g/mol. The molecule has 0 bridgehead atoms. The first-order chi connectivity index (χ1) is 7.84. The smallest absolute Gasteiger partial charge is 0.271 e. The maximum atomic E-state index is 12.0. The molecule has 3 heterocycles. The minimum atomic E-state index is -0.0172. The van der Waals surface area contributed by atoms with Crippen molar-refractivity contribution in [3.8, 4) is 0 Å². The fourth-order valence-electron chi connectivity index (χ4n) is 1.56. The number of nitrogens with zero attached hydrogens (tertiary/aromatic N) is 2. The van der Waals surface area contributed by atoms with Crippen LogP contribution in [0.3, 0.4) is 0 Å². The molecule has 16 heavy (non-hydrogen) atoms. The molecule has 0 spiro atoms. The molecule has 0 aliphatic carbocycles. The minimum Gasteiger partial charge on any atom is -0.467 e. The topological polar surface area (TPSA) is 48.0 Å². The lowest BCUT2D eigenvalue weighted by Gasteiger charge is -2.01. The summed E-state index contributed by atoms with van der Waals surface area (Å²) < 4.78 is 7.44. The Morgan fingerprint density at radius 1 is 1.44 bits per heavy atom. The molecule has 0 unspecified atom stereocenters. The summed E-state index contributed by atoms with van der Waals surface area (Å²) in [6, 6.07) is 5.49. The molecule has 0 N–H and O–H groups in total. The van der Waals surface area contributed by atoms with Crippen molar-refractivity contribution in [1.82, 2.24) is 9.55 Å². The Morgan fingerprint density at radius 3 is 3.19 bits per heavy atom. The van der Waals surface area contributed by atoms with Crippen molar-refractivity contribution in [2.75, 3.05) is 0 Å². The number of thiophene rings is 1. The van der Waals surface area contributed by atoms with Crippen LogP contribution in [0.5, 0.6) is 0 Å². The highest BCUT2D eigenvalue weighted by Crippen LogP contribution is 2.13. The largest absolute Gasteiger partial charge is 0.467 e. The molecular formula is C11H8N2O2S. The fourth-order valence-corrected chi connectivity index (χ4v) is 2.35. The zero-order valence-corrected chi connectivity index (χ0v) is 9.11. The van der Waals surface area contributed by atoms with Crippen LogP contribution in [-0.2, 0) is 6.54 Å². The standard InChI is InChI=1S/C11H8N2O2S/c14-11-10-9(3-5-16-10)12-7-13(11)6-8-2-1-4-15-8/h1-5,7H,6H2. The van der Waals surface area contributed by atoms with Crippen LogP contribution in [0, 0.1) is 0 Å². The van der Waals surface area contributed by atoms with Crippen molar-refractivity contribution in [1.29, 1.82) is 0 Å². The van der Waals surface area contributed by atoms with Gasteiger partial charge < -0.3 is 4.42 Å². The third-order valence-electron chi connectivity index (χ3n) is 2.34. The average Bonchev–Trinajstić information content (AvgIpc) is 2.93. The number of furan rings is 1. The number of hydrogen-bond acceptors (Lipinski definition) is 4. The van der Waals surface area contributed by atoms with Gasteiger partial charge in [-0.3, -0.25) is 9.36 Å². The molecule has 0 aliphatic rings. The van der Waals surface area contributed by atoms with Crippen molar-refractivity contribution in [2.45, 2.75) is 6.54 Å². The van der Waals surface area contributed by atoms with Gasteiger partial charge in [-0.15, -0.1) is 11.3 Å². The van der Waals surface area contributed by atoms with Gasteiger partial charge in [0.25, 0.3) is 5.56 Å². The first-order valence-electron chi connectivity index (χ1n) is 4.79. The molecule has 0 radical (unpaired) electrons. The highest BCUT2D eigenvalue weighted by Gasteiger charge is 2.06. The highest BCUT2D eigenvalue weighted by molar-refractivity contribution is 7.17. The van der Waals surface area contributed by atoms with Gasteiger partial charge in [0.2, 0.25) is 0 Å². The van der Waals surface area contributed by atoms with Gasteiger partial charge in [0.05, 0.1) is 24.7 Å². The van der Waals surface area contributed by atoms with Crippen molar-refractivity contribution in [3.05, 3.63) is 52.3 Å². The van der Waals surface area contributed by atoms with E-state index in [4.69, 9.17) is 4.42 Å². The lowest BCUT2D eigenvalue weighted by atomic mass is 10.4. The van der Waals surface area contributed by atoms with E-state index in [1.807, 2.05) is 17.5 Å². The van der Waals surface area contributed by atoms with Crippen LogP contribution in [0.15, 0.2) is 45.4 Å². The van der Waals surface area contributed by atoms with Gasteiger partial charge in [-0.05, 0) is 23.6 Å². The second-order valence-corrected chi connectivity index (χ2v) is 4.31. The van der Waals surface area contributed by atoms with Gasteiger partial charge in [-0.1, -0.05) is 0 Å². The van der Waals surface area contributed by atoms with Crippen LogP contribution < -0.4 is 5.56 Å². The summed E-state index contributed by atoms with van der Waals surface area (Å²) in [5, 5.41) is 1.87. The van der Waals surface area contributed by atoms with Crippen LogP contribution >= 0.6 is 11.3 Å². The summed E-state index contributed by atoms with van der Waals surface area (Å²) in [5.41, 5.74) is 0.738. The fraction of sp³-hybridized carbons (Fsp3) is 0.0909. The molecule has 0 aromatic carbocycles. The van der Waals surface area contributed by atoms with E-state index in [1.54, 1.807) is 23.2 Å². The first kappa shape index (κ1) is 9.35. The molecule has 80 valence electrons. The Kier molecular flexibility index (Phi) is 2.11. The van der Waals surface area contributed by atoms with E-state index < -0.39 is 0 Å². The van der Waals surface area contributed by atoms with E-state index in [1.165, 1.54) is 11.3 Å². The summed E-state index contributed by atoms with van der Waals surface area (Å²) in [6.07, 6.45) is 3.15. The normalized spacial score (nSPS) is 11.0. The number of fused-ring (bicyclic) bond motifs is 1. The van der Waals surface area contributed by atoms with Crippen LogP contribution in [-0.4, -0.2) is 9.55 Å². The lowest BCUT2D eigenvalue weighted by Crippen LogP contribution is -2.19. The monoisotopic (exact) mass is 232 g/mol. The zero-order valence-electron chi connectivity index (χ0n) is 8.29. The van der Waals surface area contributed by atoms with Crippen molar-refractivity contribution in [2.24, 2.45) is 0 Å². The van der Waals surface area contributed by atoms with Crippen molar-refractivity contribution in [3.63, 3.8) is 0 Å². The molecule has 4 nitrogen and oxygen atoms in total. The van der Waals surface area contributed by atoms with Gasteiger partial charge >= 0.3 is 0 Å². The molecule has 5 heteroatoms. The van der Waals surface area contributed by atoms with E-state index in [0.717, 1.165) is 11.3 Å². The molecule has 0 saturated heterocycles. The van der Waals surface area contributed by atoms with E-state index in [2.05, 4.69) is 4.98 Å². The van der Waals surface area contributed by atoms with Crippen LogP contribution in [0.25, 0.3) is 10.2 Å². The molecule has 0 fully saturated rings. The van der Waals surface area contributed by atoms with E-state index in [9.17, 15) is 4.79 Å². The SMILES string of the molecule is O=c1c2sccc2ncn1Cc1ccco1. The van der Waals surface area contributed by atoms with Crippen LogP contribution in [0.2, 0.25) is 0 Å². The number of aromatic nitrogens is 2. The molecule has 3 aromatic heterocycles. The second kappa shape index (κ2) is 3.61. The van der Waals surface area contributed by atoms with E-state index in [-0.39, 0.29) is 5.56 Å². The second-order valence-electron chi connectivity index (χ2n) is 3.39. The predicted molar refractivity (Wildman–Crippen MR) is 61.7 cm³/mol. The summed E-state index contributed by atoms with van der Waals surface area (Å²) >= 11 is 1.41. The van der Waals surface area contributed by atoms with Crippen LogP contribution in [0.4, 0.5) is 0 Å². The third kappa shape index (κ3) is 1.45. The summed E-state index contributed by atoms with van der Waals surface area (Å²) in [4.78, 5) is 16.2. The van der Waals surface area contributed by atoms with E-state index in [0.29, 0.717) is 11.2 Å². The Morgan fingerprint density at radius 2 is 2.38 bits per heavy atom. The molecule has 0 aliphatic heterocycles. The molecular weight excluding hydrogens is 224 g/mol. The first-order valence-corrected chi connectivity index (χ1v) is 5.67. The number of rotatable bonds is 2.